The summed E-state index contributed by atoms with van der Waals surface area (Å²) >= 11 is 0. The molecule has 0 amide bonds. The van der Waals surface area contributed by atoms with Gasteiger partial charge in [0.2, 0.25) is 0 Å². The summed E-state index contributed by atoms with van der Waals surface area (Å²) in [6.07, 6.45) is 18.8. The smallest absolute Gasteiger partial charge is 0.159 e. The monoisotopic (exact) mass is 368 g/mol. The molecule has 1 saturated carbocycles. The minimum Gasteiger partial charge on any atom is -0.381 e. The quantitative estimate of drug-likeness (QED) is 0.435. The molecule has 2 aliphatic carbocycles. The highest BCUT2D eigenvalue weighted by Crippen LogP contribution is 2.31. The van der Waals surface area contributed by atoms with E-state index in [2.05, 4.69) is 19.1 Å². The van der Waals surface area contributed by atoms with E-state index in [1.807, 2.05) is 6.08 Å². The van der Waals surface area contributed by atoms with Crippen LogP contribution in [0.4, 0.5) is 0 Å². The molecule has 1 atom stereocenters. The van der Waals surface area contributed by atoms with Crippen molar-refractivity contribution in [1.82, 2.24) is 0 Å². The zero-order valence-corrected chi connectivity index (χ0v) is 16.7. The zero-order valence-electron chi connectivity index (χ0n) is 15.9. The second-order valence-electron chi connectivity index (χ2n) is 7.54. The minimum atomic E-state index is -3.00. The summed E-state index contributed by atoms with van der Waals surface area (Å²) in [7, 11) is -3.00. The van der Waals surface area contributed by atoms with E-state index in [9.17, 15) is 8.42 Å². The van der Waals surface area contributed by atoms with E-state index in [-0.39, 0.29) is 10.5 Å². The molecule has 1 fully saturated rings. The molecule has 2 aliphatic rings. The first-order chi connectivity index (χ1) is 12.1. The van der Waals surface area contributed by atoms with Gasteiger partial charge in [0.1, 0.15) is 0 Å². The van der Waals surface area contributed by atoms with Crippen LogP contribution in [0.1, 0.15) is 84.0 Å². The molecular weight excluding hydrogens is 332 g/mol. The van der Waals surface area contributed by atoms with Gasteiger partial charge in [0.25, 0.3) is 0 Å². The van der Waals surface area contributed by atoms with Gasteiger partial charge in [-0.05, 0) is 44.9 Å². The Balaban J connectivity index is 1.66. The molecule has 2 rings (SSSR count). The van der Waals surface area contributed by atoms with E-state index in [1.54, 1.807) is 0 Å². The summed E-state index contributed by atoms with van der Waals surface area (Å²) in [5, 5.41) is -0.381. The van der Waals surface area contributed by atoms with Gasteiger partial charge in [-0.25, -0.2) is 8.42 Å². The van der Waals surface area contributed by atoms with Crippen molar-refractivity contribution in [2.75, 3.05) is 13.2 Å². The Hall–Kier alpha value is -0.610. The van der Waals surface area contributed by atoms with Crippen molar-refractivity contribution in [2.24, 2.45) is 0 Å². The molecule has 0 radical (unpaired) electrons. The first-order valence-electron chi connectivity index (χ1n) is 10.3. The normalized spacial score (nSPS) is 21.6. The summed E-state index contributed by atoms with van der Waals surface area (Å²) in [5.74, 6) is 0. The average Bonchev–Trinajstić information content (AvgIpc) is 3.16. The highest BCUT2D eigenvalue weighted by Gasteiger charge is 2.34. The first kappa shape index (κ1) is 20.7. The maximum atomic E-state index is 12.8. The molecule has 0 heterocycles. The van der Waals surface area contributed by atoms with Crippen LogP contribution in [0.5, 0.6) is 0 Å². The Morgan fingerprint density at radius 3 is 2.48 bits per heavy atom. The third kappa shape index (κ3) is 6.90. The third-order valence-corrected chi connectivity index (χ3v) is 8.01. The molecular formula is C21H36O3S. The van der Waals surface area contributed by atoms with E-state index >= 15 is 0 Å². The molecule has 0 aromatic rings. The maximum absolute atomic E-state index is 12.8. The van der Waals surface area contributed by atoms with Crippen LogP contribution in [0.25, 0.3) is 0 Å². The van der Waals surface area contributed by atoms with Crippen LogP contribution in [0.3, 0.4) is 0 Å². The van der Waals surface area contributed by atoms with Gasteiger partial charge in [-0.1, -0.05) is 62.8 Å². The SMILES string of the molecule is CCCCCCOCCCCC1=CC(S(=O)(=O)C2CCCC2)CC=C1. The lowest BCUT2D eigenvalue weighted by Crippen LogP contribution is -2.29. The van der Waals surface area contributed by atoms with Gasteiger partial charge in [-0.2, -0.15) is 0 Å². The van der Waals surface area contributed by atoms with Crippen molar-refractivity contribution >= 4 is 9.84 Å². The summed E-state index contributed by atoms with van der Waals surface area (Å²) in [6.45, 7) is 3.93. The van der Waals surface area contributed by atoms with E-state index < -0.39 is 9.84 Å². The van der Waals surface area contributed by atoms with Gasteiger partial charge in [0, 0.05) is 13.2 Å². The van der Waals surface area contributed by atoms with Crippen molar-refractivity contribution in [1.29, 1.82) is 0 Å². The summed E-state index contributed by atoms with van der Waals surface area (Å²) in [6, 6.07) is 0. The maximum Gasteiger partial charge on any atom is 0.159 e. The summed E-state index contributed by atoms with van der Waals surface area (Å²) < 4.78 is 31.2. The lowest BCUT2D eigenvalue weighted by Gasteiger charge is -2.21. The molecule has 0 bridgehead atoms. The van der Waals surface area contributed by atoms with E-state index in [1.165, 1.54) is 31.3 Å². The Kier molecular flexibility index (Phi) is 9.25. The Labute approximate surface area is 154 Å². The molecule has 0 saturated heterocycles. The fourth-order valence-electron chi connectivity index (χ4n) is 3.84. The number of hydrogen-bond acceptors (Lipinski definition) is 3. The van der Waals surface area contributed by atoms with Gasteiger partial charge in [-0.3, -0.25) is 0 Å². The van der Waals surface area contributed by atoms with Crippen molar-refractivity contribution < 1.29 is 13.2 Å². The summed E-state index contributed by atoms with van der Waals surface area (Å²) in [5.41, 5.74) is 1.20. The third-order valence-electron chi connectivity index (χ3n) is 5.44. The lowest BCUT2D eigenvalue weighted by molar-refractivity contribution is 0.126. The van der Waals surface area contributed by atoms with E-state index in [0.29, 0.717) is 6.42 Å². The number of allylic oxidation sites excluding steroid dienone is 3. The fourth-order valence-corrected chi connectivity index (χ4v) is 6.07. The molecule has 4 heteroatoms. The molecule has 1 unspecified atom stereocenters. The van der Waals surface area contributed by atoms with Gasteiger partial charge < -0.3 is 4.74 Å². The fraction of sp³-hybridized carbons (Fsp3) is 0.810. The van der Waals surface area contributed by atoms with Crippen LogP contribution in [0.15, 0.2) is 23.8 Å². The Morgan fingerprint density at radius 2 is 1.76 bits per heavy atom. The Morgan fingerprint density at radius 1 is 1.04 bits per heavy atom. The van der Waals surface area contributed by atoms with Crippen molar-refractivity contribution in [2.45, 2.75) is 94.5 Å². The van der Waals surface area contributed by atoms with Gasteiger partial charge >= 0.3 is 0 Å². The molecule has 0 aromatic heterocycles. The predicted molar refractivity (Wildman–Crippen MR) is 106 cm³/mol. The second kappa shape index (κ2) is 11.2. The van der Waals surface area contributed by atoms with Crippen molar-refractivity contribution in [3.63, 3.8) is 0 Å². The molecule has 0 aromatic carbocycles. The molecule has 0 spiro atoms. The highest BCUT2D eigenvalue weighted by molar-refractivity contribution is 7.92. The standard InChI is InChI=1S/C21H36O3S/c1-2-3-4-8-16-24-17-9-7-11-19-12-10-15-21(18-19)25(22,23)20-13-5-6-14-20/h10,12,18,20-21H,2-9,11,13-17H2,1H3. The topological polar surface area (TPSA) is 43.4 Å². The van der Waals surface area contributed by atoms with Crippen LogP contribution >= 0.6 is 0 Å². The van der Waals surface area contributed by atoms with Crippen LogP contribution in [0.2, 0.25) is 0 Å². The highest BCUT2D eigenvalue weighted by atomic mass is 32.2. The first-order valence-corrected chi connectivity index (χ1v) is 11.9. The van der Waals surface area contributed by atoms with Crippen molar-refractivity contribution in [3.8, 4) is 0 Å². The van der Waals surface area contributed by atoms with E-state index in [0.717, 1.165) is 58.2 Å². The van der Waals surface area contributed by atoms with Gasteiger partial charge in [-0.15, -0.1) is 0 Å². The van der Waals surface area contributed by atoms with E-state index in [4.69, 9.17) is 4.74 Å². The number of unbranched alkanes of at least 4 members (excludes halogenated alkanes) is 4. The molecule has 25 heavy (non-hydrogen) atoms. The second-order valence-corrected chi connectivity index (χ2v) is 9.99. The Bertz CT molecular complexity index is 527. The summed E-state index contributed by atoms with van der Waals surface area (Å²) in [4.78, 5) is 0. The molecule has 3 nitrogen and oxygen atoms in total. The zero-order chi connectivity index (χ0) is 18.0. The number of ether oxygens (including phenoxy) is 1. The molecule has 144 valence electrons. The molecule has 0 N–H and O–H groups in total. The number of hydrogen-bond donors (Lipinski definition) is 0. The van der Waals surface area contributed by atoms with Crippen LogP contribution < -0.4 is 0 Å². The largest absolute Gasteiger partial charge is 0.381 e. The lowest BCUT2D eigenvalue weighted by atomic mass is 10.0. The number of rotatable bonds is 12. The van der Waals surface area contributed by atoms with Crippen LogP contribution in [0, 0.1) is 0 Å². The average molecular weight is 369 g/mol. The molecule has 0 aliphatic heterocycles. The van der Waals surface area contributed by atoms with Crippen LogP contribution in [-0.2, 0) is 14.6 Å². The predicted octanol–water partition coefficient (Wildman–Crippen LogP) is 5.37. The van der Waals surface area contributed by atoms with Crippen LogP contribution in [-0.4, -0.2) is 32.1 Å². The van der Waals surface area contributed by atoms with Gasteiger partial charge in [0.15, 0.2) is 9.84 Å². The minimum absolute atomic E-state index is 0.0948. The van der Waals surface area contributed by atoms with Crippen molar-refractivity contribution in [3.05, 3.63) is 23.8 Å². The van der Waals surface area contributed by atoms with Gasteiger partial charge in [0.05, 0.1) is 10.5 Å². The number of sulfone groups is 1.